The van der Waals surface area contributed by atoms with E-state index in [-0.39, 0.29) is 38.0 Å². The van der Waals surface area contributed by atoms with Gasteiger partial charge in [0.15, 0.2) is 0 Å². The molecule has 0 radical (unpaired) electrons. The number of nitrogens with zero attached hydrogens (tertiary/aromatic N) is 1. The number of phenolic OH excluding ortho intramolecular Hbond substituents is 1. The summed E-state index contributed by atoms with van der Waals surface area (Å²) in [7, 11) is 0. The van der Waals surface area contributed by atoms with Crippen LogP contribution in [0.4, 0.5) is 0 Å². The van der Waals surface area contributed by atoms with Gasteiger partial charge in [-0.15, -0.1) is 0 Å². The normalized spacial score (nSPS) is 23.1. The van der Waals surface area contributed by atoms with Crippen LogP contribution >= 0.6 is 0 Å². The summed E-state index contributed by atoms with van der Waals surface area (Å²) in [6.07, 6.45) is 1.68. The lowest BCUT2D eigenvalue weighted by atomic mass is 9.99. The highest BCUT2D eigenvalue weighted by Crippen LogP contribution is 2.23. The van der Waals surface area contributed by atoms with E-state index < -0.39 is 83.4 Å². The lowest BCUT2D eigenvalue weighted by molar-refractivity contribution is -0.144. The van der Waals surface area contributed by atoms with Gasteiger partial charge in [0.05, 0.1) is 11.7 Å². The third-order valence-corrected chi connectivity index (χ3v) is 12.0. The van der Waals surface area contributed by atoms with E-state index in [1.54, 1.807) is 25.3 Å². The third kappa shape index (κ3) is 12.0. The number of fused-ring (bicyclic) bond motifs is 2. The van der Waals surface area contributed by atoms with Gasteiger partial charge in [-0.05, 0) is 81.0 Å². The fourth-order valence-electron chi connectivity index (χ4n) is 8.77. The Morgan fingerprint density at radius 2 is 1.11 bits per heavy atom. The number of amides is 6. The van der Waals surface area contributed by atoms with Gasteiger partial charge in [0.2, 0.25) is 35.4 Å². The van der Waals surface area contributed by atoms with Crippen molar-refractivity contribution in [2.75, 3.05) is 6.54 Å². The van der Waals surface area contributed by atoms with Crippen molar-refractivity contribution in [3.05, 3.63) is 138 Å². The first-order valence-electron chi connectivity index (χ1n) is 22.5. The summed E-state index contributed by atoms with van der Waals surface area (Å²) in [6.45, 7) is 7.30. The summed E-state index contributed by atoms with van der Waals surface area (Å²) in [6, 6.07) is 24.7. The third-order valence-electron chi connectivity index (χ3n) is 12.0. The first kappa shape index (κ1) is 47.0. The van der Waals surface area contributed by atoms with Crippen molar-refractivity contribution >= 4 is 46.3 Å². The highest BCUT2D eigenvalue weighted by atomic mass is 16.5. The number of para-hydroxylation sites is 1. The zero-order valence-electron chi connectivity index (χ0n) is 37.7. The molecule has 2 aliphatic rings. The van der Waals surface area contributed by atoms with Gasteiger partial charge >= 0.3 is 0 Å². The number of aromatic amines is 1. The lowest BCUT2D eigenvalue weighted by Gasteiger charge is -2.34. The van der Waals surface area contributed by atoms with Crippen LogP contribution in [0, 0.1) is 0 Å². The van der Waals surface area contributed by atoms with E-state index >= 15 is 0 Å². The Kier molecular flexibility index (Phi) is 14.9. The molecule has 4 aromatic carbocycles. The predicted molar refractivity (Wildman–Crippen MR) is 249 cm³/mol. The van der Waals surface area contributed by atoms with Crippen molar-refractivity contribution < 1.29 is 38.6 Å². The van der Waals surface area contributed by atoms with Crippen LogP contribution in [0.25, 0.3) is 10.9 Å². The largest absolute Gasteiger partial charge is 0.508 e. The quantitative estimate of drug-likeness (QED) is 0.110. The van der Waals surface area contributed by atoms with Crippen molar-refractivity contribution in [1.82, 2.24) is 36.5 Å². The first-order chi connectivity index (χ1) is 31.6. The average Bonchev–Trinajstić information content (AvgIpc) is 3.95. The van der Waals surface area contributed by atoms with Gasteiger partial charge < -0.3 is 46.3 Å². The molecule has 7 atom stereocenters. The maximum Gasteiger partial charge on any atom is 0.246 e. The van der Waals surface area contributed by atoms with E-state index in [1.165, 1.54) is 17.0 Å². The highest BCUT2D eigenvalue weighted by molar-refractivity contribution is 5.99. The Labute approximate surface area is 384 Å². The number of ether oxygens (including phenoxy) is 1. The van der Waals surface area contributed by atoms with E-state index in [0.29, 0.717) is 24.0 Å². The number of aromatic nitrogens is 1. The Bertz CT molecular complexity index is 2510. The Balaban J connectivity index is 1.32. The van der Waals surface area contributed by atoms with Crippen LogP contribution in [-0.2, 0) is 59.2 Å². The number of rotatable bonds is 10. The number of nitrogens with one attached hydrogen (secondary N) is 6. The summed E-state index contributed by atoms with van der Waals surface area (Å²) in [4.78, 5) is 92.9. The molecular weight excluding hydrogens is 839 g/mol. The van der Waals surface area contributed by atoms with Gasteiger partial charge in [-0.1, -0.05) is 91.0 Å². The molecule has 3 heterocycles. The van der Waals surface area contributed by atoms with Crippen molar-refractivity contribution in [2.24, 2.45) is 0 Å². The summed E-state index contributed by atoms with van der Waals surface area (Å²) >= 11 is 0. The van der Waals surface area contributed by atoms with E-state index in [1.807, 2.05) is 106 Å². The van der Waals surface area contributed by atoms with Crippen LogP contribution in [0.2, 0.25) is 0 Å². The second-order valence-electron chi connectivity index (χ2n) is 18.2. The van der Waals surface area contributed by atoms with Crippen LogP contribution in [0.1, 0.15) is 62.8 Å². The van der Waals surface area contributed by atoms with Gasteiger partial charge in [0.1, 0.15) is 42.0 Å². The molecule has 7 N–H and O–H groups in total. The highest BCUT2D eigenvalue weighted by Gasteiger charge is 2.42. The fourth-order valence-corrected chi connectivity index (χ4v) is 8.77. The molecule has 0 saturated carbocycles. The molecule has 5 aromatic rings. The summed E-state index contributed by atoms with van der Waals surface area (Å²) in [5.41, 5.74) is 2.83. The molecule has 0 spiro atoms. The number of benzene rings is 4. The van der Waals surface area contributed by atoms with E-state index in [2.05, 4.69) is 31.6 Å². The maximum atomic E-state index is 14.8. The van der Waals surface area contributed by atoms with Gasteiger partial charge in [-0.2, -0.15) is 0 Å². The van der Waals surface area contributed by atoms with Gasteiger partial charge in [0.25, 0.3) is 0 Å². The monoisotopic (exact) mass is 897 g/mol. The van der Waals surface area contributed by atoms with Crippen LogP contribution < -0.4 is 26.6 Å². The predicted octanol–water partition coefficient (Wildman–Crippen LogP) is 3.78. The van der Waals surface area contributed by atoms with Gasteiger partial charge in [-0.3, -0.25) is 28.8 Å². The van der Waals surface area contributed by atoms with Crippen LogP contribution in [-0.4, -0.2) is 105 Å². The van der Waals surface area contributed by atoms with E-state index in [9.17, 15) is 33.9 Å². The SMILES string of the molecule is C[C@@H](OC(C)(C)C)[C@@H]1NC(=O)[C@H](Cc2ccc(O)cc2)NC(=O)[C@@H](Cc2c[nH]c3ccccc23)NC(=O)[C@H](Cc2ccccc2)NC(=O)[C@@H]2CCCN2C(=O)[C@H](Cc2ccccc2)NC1=O. The maximum absolute atomic E-state index is 14.8. The molecule has 0 aliphatic carbocycles. The molecule has 66 heavy (non-hydrogen) atoms. The van der Waals surface area contributed by atoms with Crippen LogP contribution in [0.5, 0.6) is 5.75 Å². The number of phenols is 1. The molecule has 15 heteroatoms. The Hall–Kier alpha value is -7.00. The Morgan fingerprint density at radius 3 is 1.71 bits per heavy atom. The number of hydrogen-bond acceptors (Lipinski definition) is 8. The average molecular weight is 898 g/mol. The second-order valence-corrected chi connectivity index (χ2v) is 18.2. The molecule has 2 saturated heterocycles. The molecule has 6 amide bonds. The lowest BCUT2D eigenvalue weighted by Crippen LogP contribution is -2.63. The van der Waals surface area contributed by atoms with Crippen molar-refractivity contribution in [2.45, 2.75) is 114 Å². The molecule has 2 fully saturated rings. The van der Waals surface area contributed by atoms with Crippen molar-refractivity contribution in [3.8, 4) is 5.75 Å². The van der Waals surface area contributed by atoms with Crippen LogP contribution in [0.15, 0.2) is 115 Å². The molecule has 2 aliphatic heterocycles. The fraction of sp³-hybridized carbons (Fsp3) is 0.373. The molecule has 15 nitrogen and oxygen atoms in total. The molecule has 7 rings (SSSR count). The Morgan fingerprint density at radius 1 is 0.606 bits per heavy atom. The zero-order chi connectivity index (χ0) is 47.0. The van der Waals surface area contributed by atoms with Gasteiger partial charge in [0, 0.05) is 49.3 Å². The minimum absolute atomic E-state index is 0.000318. The van der Waals surface area contributed by atoms with Crippen LogP contribution in [0.3, 0.4) is 0 Å². The smallest absolute Gasteiger partial charge is 0.246 e. The summed E-state index contributed by atoms with van der Waals surface area (Å²) in [5.74, 6) is -3.84. The minimum Gasteiger partial charge on any atom is -0.508 e. The number of H-pyrrole nitrogens is 1. The van der Waals surface area contributed by atoms with E-state index in [0.717, 1.165) is 22.0 Å². The van der Waals surface area contributed by atoms with Gasteiger partial charge in [-0.25, -0.2) is 0 Å². The molecule has 1 aromatic heterocycles. The summed E-state index contributed by atoms with van der Waals surface area (Å²) in [5, 5.41) is 25.4. The zero-order valence-corrected chi connectivity index (χ0v) is 37.7. The molecule has 346 valence electrons. The molecule has 0 bridgehead atoms. The number of carbonyl (C=O) groups excluding carboxylic acids is 6. The van der Waals surface area contributed by atoms with Crippen molar-refractivity contribution in [1.29, 1.82) is 0 Å². The first-order valence-corrected chi connectivity index (χ1v) is 22.5. The molecule has 0 unspecified atom stereocenters. The summed E-state index contributed by atoms with van der Waals surface area (Å²) < 4.78 is 6.27. The second kappa shape index (κ2) is 20.9. The van der Waals surface area contributed by atoms with E-state index in [4.69, 9.17) is 4.74 Å². The topological polar surface area (TPSA) is 211 Å². The number of hydrogen-bond donors (Lipinski definition) is 7. The standard InChI is InChI=1S/C51H59N7O8/c1-31(66-51(2,3)4)44-49(64)56-42(28-33-16-9-6-10-17-33)50(65)58-25-13-20-43(58)48(63)55-39(26-32-14-7-5-8-15-32)45(60)54-41(29-35-30-52-38-19-12-11-18-37(35)38)46(61)53-40(47(62)57-44)27-34-21-23-36(59)24-22-34/h5-12,14-19,21-24,30-31,39-44,52,59H,13,20,25-29H2,1-4H3,(H,53,61)(H,54,60)(H,55,63)(H,56,64)(H,57,62)/t31-,39+,40+,41-,42+,43+,44+/m1/s1. The van der Waals surface area contributed by atoms with Crippen molar-refractivity contribution in [3.63, 3.8) is 0 Å². The number of carbonyl (C=O) groups is 6. The minimum atomic E-state index is -1.38. The number of aromatic hydroxyl groups is 1. The molecular formula is C51H59N7O8.